The van der Waals surface area contributed by atoms with Crippen molar-refractivity contribution in [3.63, 3.8) is 0 Å². The first-order valence-corrected chi connectivity index (χ1v) is 12.6. The van der Waals surface area contributed by atoms with Crippen molar-refractivity contribution in [3.8, 4) is 0 Å². The SMILES string of the molecule is CCCCCCCCCCCCCCCCCCCCC(C)C(=O)NCC(=O)O. The summed E-state index contributed by atoms with van der Waals surface area (Å²) in [7, 11) is 0. The van der Waals surface area contributed by atoms with Crippen LogP contribution < -0.4 is 5.32 Å². The number of aliphatic carboxylic acids is 1. The van der Waals surface area contributed by atoms with E-state index < -0.39 is 5.97 Å². The number of carboxylic acids is 1. The highest BCUT2D eigenvalue weighted by Gasteiger charge is 2.12. The lowest BCUT2D eigenvalue weighted by Gasteiger charge is -2.10. The molecule has 0 radical (unpaired) electrons. The fraction of sp³-hybridized carbons (Fsp3) is 0.920. The largest absolute Gasteiger partial charge is 0.480 e. The van der Waals surface area contributed by atoms with Gasteiger partial charge in [-0.25, -0.2) is 0 Å². The van der Waals surface area contributed by atoms with Gasteiger partial charge in [0.2, 0.25) is 5.91 Å². The third kappa shape index (κ3) is 21.5. The van der Waals surface area contributed by atoms with Gasteiger partial charge in [-0.1, -0.05) is 129 Å². The van der Waals surface area contributed by atoms with Gasteiger partial charge in [-0.3, -0.25) is 9.59 Å². The minimum atomic E-state index is -0.987. The summed E-state index contributed by atoms with van der Waals surface area (Å²) in [5.41, 5.74) is 0. The fourth-order valence-corrected chi connectivity index (χ4v) is 3.82. The molecule has 1 atom stereocenters. The lowest BCUT2D eigenvalue weighted by Crippen LogP contribution is -2.33. The Kier molecular flexibility index (Phi) is 20.9. The van der Waals surface area contributed by atoms with Gasteiger partial charge >= 0.3 is 5.97 Å². The number of carboxylic acid groups (broad SMARTS) is 1. The molecule has 172 valence electrons. The number of hydrogen-bond donors (Lipinski definition) is 2. The maximum Gasteiger partial charge on any atom is 0.322 e. The highest BCUT2D eigenvalue weighted by atomic mass is 16.4. The van der Waals surface area contributed by atoms with Crippen LogP contribution in [-0.2, 0) is 9.59 Å². The molecule has 0 fully saturated rings. The van der Waals surface area contributed by atoms with Gasteiger partial charge in [0.15, 0.2) is 0 Å². The maximum absolute atomic E-state index is 11.7. The summed E-state index contributed by atoms with van der Waals surface area (Å²) >= 11 is 0. The summed E-state index contributed by atoms with van der Waals surface area (Å²) in [6.07, 6.45) is 25.3. The zero-order chi connectivity index (χ0) is 21.6. The number of carbonyl (C=O) groups is 2. The van der Waals surface area contributed by atoms with Crippen LogP contribution in [0.3, 0.4) is 0 Å². The topological polar surface area (TPSA) is 66.4 Å². The number of rotatable bonds is 22. The van der Waals surface area contributed by atoms with Crippen LogP contribution in [0.15, 0.2) is 0 Å². The van der Waals surface area contributed by atoms with Gasteiger partial charge in [0.1, 0.15) is 6.54 Å². The molecule has 0 heterocycles. The van der Waals surface area contributed by atoms with Crippen LogP contribution in [0.2, 0.25) is 0 Å². The van der Waals surface area contributed by atoms with Crippen molar-refractivity contribution in [2.24, 2.45) is 5.92 Å². The van der Waals surface area contributed by atoms with E-state index >= 15 is 0 Å². The van der Waals surface area contributed by atoms with Crippen molar-refractivity contribution in [2.45, 2.75) is 136 Å². The van der Waals surface area contributed by atoms with Crippen LogP contribution in [0.5, 0.6) is 0 Å². The lowest BCUT2D eigenvalue weighted by atomic mass is 10.0. The van der Waals surface area contributed by atoms with Gasteiger partial charge in [-0.15, -0.1) is 0 Å². The summed E-state index contributed by atoms with van der Waals surface area (Å²) in [6, 6.07) is 0. The Hall–Kier alpha value is -1.06. The monoisotopic (exact) mass is 411 g/mol. The summed E-state index contributed by atoms with van der Waals surface area (Å²) < 4.78 is 0. The zero-order valence-corrected chi connectivity index (χ0v) is 19.5. The molecule has 1 unspecified atom stereocenters. The predicted octanol–water partition coefficient (Wildman–Crippen LogP) is 7.26. The second-order valence-corrected chi connectivity index (χ2v) is 8.81. The van der Waals surface area contributed by atoms with E-state index in [4.69, 9.17) is 5.11 Å². The van der Waals surface area contributed by atoms with Gasteiger partial charge in [-0.05, 0) is 6.42 Å². The van der Waals surface area contributed by atoms with Crippen molar-refractivity contribution in [2.75, 3.05) is 6.54 Å². The minimum absolute atomic E-state index is 0.0876. The van der Waals surface area contributed by atoms with Crippen molar-refractivity contribution in [3.05, 3.63) is 0 Å². The van der Waals surface area contributed by atoms with Gasteiger partial charge in [0.05, 0.1) is 0 Å². The normalized spacial score (nSPS) is 12.1. The Bertz CT molecular complexity index is 384. The van der Waals surface area contributed by atoms with Crippen LogP contribution in [0.1, 0.15) is 136 Å². The molecule has 0 spiro atoms. The molecule has 0 rings (SSSR count). The van der Waals surface area contributed by atoms with Crippen molar-refractivity contribution >= 4 is 11.9 Å². The molecular formula is C25H49NO3. The average molecular weight is 412 g/mol. The van der Waals surface area contributed by atoms with E-state index in [1.807, 2.05) is 6.92 Å². The Morgan fingerprint density at radius 3 is 1.34 bits per heavy atom. The molecule has 0 saturated carbocycles. The third-order valence-electron chi connectivity index (χ3n) is 5.85. The first-order chi connectivity index (χ1) is 14.1. The molecule has 0 aromatic heterocycles. The number of amides is 1. The minimum Gasteiger partial charge on any atom is -0.480 e. The molecule has 0 aliphatic heterocycles. The van der Waals surface area contributed by atoms with E-state index in [0.29, 0.717) is 0 Å². The molecule has 0 aliphatic rings. The van der Waals surface area contributed by atoms with E-state index in [0.717, 1.165) is 12.8 Å². The number of nitrogens with one attached hydrogen (secondary N) is 1. The van der Waals surface area contributed by atoms with Crippen LogP contribution in [0, 0.1) is 5.92 Å². The zero-order valence-electron chi connectivity index (χ0n) is 19.5. The Morgan fingerprint density at radius 1 is 0.655 bits per heavy atom. The molecule has 0 aliphatic carbocycles. The Morgan fingerprint density at radius 2 is 1.00 bits per heavy atom. The summed E-state index contributed by atoms with van der Waals surface area (Å²) in [5, 5.41) is 11.0. The maximum atomic E-state index is 11.7. The molecule has 2 N–H and O–H groups in total. The third-order valence-corrected chi connectivity index (χ3v) is 5.85. The summed E-state index contributed by atoms with van der Waals surface area (Å²) in [6.45, 7) is 3.88. The predicted molar refractivity (Wildman–Crippen MR) is 123 cm³/mol. The number of carbonyl (C=O) groups excluding carboxylic acids is 1. The first kappa shape index (κ1) is 27.9. The van der Waals surface area contributed by atoms with Gasteiger partial charge in [0, 0.05) is 5.92 Å². The van der Waals surface area contributed by atoms with E-state index in [2.05, 4.69) is 12.2 Å². The summed E-state index contributed by atoms with van der Waals surface area (Å²) in [4.78, 5) is 22.1. The molecule has 4 heteroatoms. The average Bonchev–Trinajstić information content (AvgIpc) is 2.70. The second-order valence-electron chi connectivity index (χ2n) is 8.81. The van der Waals surface area contributed by atoms with Crippen LogP contribution >= 0.6 is 0 Å². The highest BCUT2D eigenvalue weighted by molar-refractivity contribution is 5.82. The smallest absolute Gasteiger partial charge is 0.322 e. The van der Waals surface area contributed by atoms with Gasteiger partial charge < -0.3 is 10.4 Å². The lowest BCUT2D eigenvalue weighted by molar-refractivity contribution is -0.138. The first-order valence-electron chi connectivity index (χ1n) is 12.6. The molecule has 1 amide bonds. The highest BCUT2D eigenvalue weighted by Crippen LogP contribution is 2.15. The van der Waals surface area contributed by atoms with Crippen LogP contribution in [-0.4, -0.2) is 23.5 Å². The molecule has 0 aromatic rings. The molecule has 0 saturated heterocycles. The number of unbranched alkanes of at least 4 members (excludes halogenated alkanes) is 17. The molecule has 29 heavy (non-hydrogen) atoms. The van der Waals surface area contributed by atoms with Crippen molar-refractivity contribution in [1.29, 1.82) is 0 Å². The van der Waals surface area contributed by atoms with E-state index in [9.17, 15) is 9.59 Å². The standard InChI is InChI=1S/C25H49NO3/c1-3-4-5-6-7-8-9-10-11-12-13-14-15-16-17-18-19-20-21-23(2)25(29)26-22-24(27)28/h23H,3-22H2,1-2H3,(H,26,29)(H,27,28). The van der Waals surface area contributed by atoms with Crippen molar-refractivity contribution < 1.29 is 14.7 Å². The van der Waals surface area contributed by atoms with Gasteiger partial charge in [-0.2, -0.15) is 0 Å². The van der Waals surface area contributed by atoms with Crippen LogP contribution in [0.4, 0.5) is 0 Å². The number of hydrogen-bond acceptors (Lipinski definition) is 2. The van der Waals surface area contributed by atoms with E-state index in [1.165, 1.54) is 109 Å². The fourth-order valence-electron chi connectivity index (χ4n) is 3.82. The van der Waals surface area contributed by atoms with E-state index in [-0.39, 0.29) is 18.4 Å². The Labute approximate surface area is 180 Å². The molecule has 4 nitrogen and oxygen atoms in total. The summed E-state index contributed by atoms with van der Waals surface area (Å²) in [5.74, 6) is -1.21. The molecule has 0 aromatic carbocycles. The van der Waals surface area contributed by atoms with Crippen LogP contribution in [0.25, 0.3) is 0 Å². The van der Waals surface area contributed by atoms with E-state index in [1.54, 1.807) is 0 Å². The quantitative estimate of drug-likeness (QED) is 0.184. The molecular weight excluding hydrogens is 362 g/mol. The second kappa shape index (κ2) is 21.6. The van der Waals surface area contributed by atoms with Crippen molar-refractivity contribution in [1.82, 2.24) is 5.32 Å². The Balaban J connectivity index is 3.20. The molecule has 0 bridgehead atoms. The van der Waals surface area contributed by atoms with Gasteiger partial charge in [0.25, 0.3) is 0 Å².